The predicted molar refractivity (Wildman–Crippen MR) is 131 cm³/mol. The fourth-order valence-electron chi connectivity index (χ4n) is 3.46. The number of anilines is 1. The van der Waals surface area contributed by atoms with Gasteiger partial charge in [0.25, 0.3) is 5.91 Å². The lowest BCUT2D eigenvalue weighted by molar-refractivity contribution is 0.102. The van der Waals surface area contributed by atoms with Crippen molar-refractivity contribution in [2.24, 2.45) is 0 Å². The molecule has 3 heterocycles. The third-order valence-corrected chi connectivity index (χ3v) is 5.92. The van der Waals surface area contributed by atoms with Crippen LogP contribution >= 0.6 is 34.8 Å². The molecule has 0 saturated carbocycles. The number of benzene rings is 2. The third-order valence-electron chi connectivity index (χ3n) is 4.95. The number of carbonyl (C=O) groups is 1. The number of hydrogen-bond donors (Lipinski definition) is 1. The predicted octanol–water partition coefficient (Wildman–Crippen LogP) is 6.67. The summed E-state index contributed by atoms with van der Waals surface area (Å²) < 4.78 is 1.75. The molecule has 0 aliphatic heterocycles. The van der Waals surface area contributed by atoms with Gasteiger partial charge >= 0.3 is 0 Å². The lowest BCUT2D eigenvalue weighted by Crippen LogP contribution is -2.13. The molecule has 0 aliphatic rings. The molecule has 5 aromatic rings. The van der Waals surface area contributed by atoms with Crippen molar-refractivity contribution in [3.63, 3.8) is 0 Å². The number of rotatable bonds is 4. The van der Waals surface area contributed by atoms with E-state index in [2.05, 4.69) is 15.4 Å². The van der Waals surface area contributed by atoms with Crippen molar-refractivity contribution in [2.45, 2.75) is 0 Å². The van der Waals surface area contributed by atoms with Gasteiger partial charge in [-0.05, 0) is 54.6 Å². The summed E-state index contributed by atoms with van der Waals surface area (Å²) in [7, 11) is 0. The monoisotopic (exact) mass is 493 g/mol. The molecule has 33 heavy (non-hydrogen) atoms. The van der Waals surface area contributed by atoms with Crippen LogP contribution in [0.4, 0.5) is 5.82 Å². The molecule has 1 amide bonds. The van der Waals surface area contributed by atoms with Crippen molar-refractivity contribution in [3.8, 4) is 22.5 Å². The van der Waals surface area contributed by atoms with Crippen LogP contribution in [0, 0.1) is 0 Å². The highest BCUT2D eigenvalue weighted by molar-refractivity contribution is 6.42. The summed E-state index contributed by atoms with van der Waals surface area (Å²) in [6.07, 6.45) is 3.30. The number of amides is 1. The SMILES string of the molecule is O=C(Nc1cc(-c2c(-c3cccc(Cl)c3)nc3cccnn23)ccn1)c1ccc(Cl)c(Cl)c1. The molecule has 6 nitrogen and oxygen atoms in total. The Morgan fingerprint density at radius 1 is 0.848 bits per heavy atom. The van der Waals surface area contributed by atoms with Gasteiger partial charge in [-0.3, -0.25) is 4.79 Å². The van der Waals surface area contributed by atoms with E-state index >= 15 is 0 Å². The van der Waals surface area contributed by atoms with E-state index in [1.807, 2.05) is 42.5 Å². The van der Waals surface area contributed by atoms with E-state index in [4.69, 9.17) is 39.8 Å². The Hall–Kier alpha value is -3.45. The Kier molecular flexibility index (Phi) is 5.72. The van der Waals surface area contributed by atoms with E-state index in [-0.39, 0.29) is 5.91 Å². The van der Waals surface area contributed by atoms with E-state index in [0.29, 0.717) is 37.8 Å². The van der Waals surface area contributed by atoms with Gasteiger partial charge in [0.15, 0.2) is 5.65 Å². The van der Waals surface area contributed by atoms with E-state index in [0.717, 1.165) is 16.8 Å². The van der Waals surface area contributed by atoms with Crippen molar-refractivity contribution in [3.05, 3.63) is 99.8 Å². The maximum absolute atomic E-state index is 12.7. The molecule has 0 bridgehead atoms. The molecule has 1 N–H and O–H groups in total. The van der Waals surface area contributed by atoms with E-state index in [9.17, 15) is 4.79 Å². The number of imidazole rings is 1. The third kappa shape index (κ3) is 4.28. The first-order valence-electron chi connectivity index (χ1n) is 9.82. The van der Waals surface area contributed by atoms with Crippen LogP contribution in [0.15, 0.2) is 79.1 Å². The van der Waals surface area contributed by atoms with Gasteiger partial charge in [0.2, 0.25) is 0 Å². The zero-order valence-corrected chi connectivity index (χ0v) is 19.1. The van der Waals surface area contributed by atoms with E-state index in [1.54, 1.807) is 35.1 Å². The van der Waals surface area contributed by atoms with Crippen LogP contribution in [0.5, 0.6) is 0 Å². The largest absolute Gasteiger partial charge is 0.307 e. The van der Waals surface area contributed by atoms with Gasteiger partial charge in [-0.25, -0.2) is 14.5 Å². The molecule has 5 rings (SSSR count). The van der Waals surface area contributed by atoms with Crippen molar-refractivity contribution in [1.82, 2.24) is 19.6 Å². The van der Waals surface area contributed by atoms with Crippen LogP contribution in [0.1, 0.15) is 10.4 Å². The lowest BCUT2D eigenvalue weighted by atomic mass is 10.1. The van der Waals surface area contributed by atoms with Crippen LogP contribution in [-0.2, 0) is 0 Å². The van der Waals surface area contributed by atoms with Gasteiger partial charge in [-0.2, -0.15) is 5.10 Å². The van der Waals surface area contributed by atoms with Gasteiger partial charge in [-0.15, -0.1) is 0 Å². The minimum absolute atomic E-state index is 0.300. The van der Waals surface area contributed by atoms with Crippen LogP contribution in [0.3, 0.4) is 0 Å². The second-order valence-corrected chi connectivity index (χ2v) is 8.38. The molecule has 2 aromatic carbocycles. The van der Waals surface area contributed by atoms with E-state index in [1.165, 1.54) is 6.07 Å². The van der Waals surface area contributed by atoms with Gasteiger partial charge in [-0.1, -0.05) is 46.9 Å². The summed E-state index contributed by atoms with van der Waals surface area (Å²) in [4.78, 5) is 21.8. The van der Waals surface area contributed by atoms with Crippen molar-refractivity contribution < 1.29 is 4.79 Å². The summed E-state index contributed by atoms with van der Waals surface area (Å²) in [5.74, 6) is 0.0102. The second-order valence-electron chi connectivity index (χ2n) is 7.13. The highest BCUT2D eigenvalue weighted by Gasteiger charge is 2.18. The Labute approximate surface area is 203 Å². The van der Waals surface area contributed by atoms with Gasteiger partial charge in [0.1, 0.15) is 11.5 Å². The Morgan fingerprint density at radius 3 is 2.55 bits per heavy atom. The summed E-state index contributed by atoms with van der Waals surface area (Å²) in [6.45, 7) is 0. The molecule has 0 fully saturated rings. The van der Waals surface area contributed by atoms with Crippen LogP contribution < -0.4 is 5.32 Å². The topological polar surface area (TPSA) is 72.2 Å². The normalized spacial score (nSPS) is 11.0. The van der Waals surface area contributed by atoms with E-state index < -0.39 is 0 Å². The zero-order chi connectivity index (χ0) is 22.9. The molecule has 0 unspecified atom stereocenters. The molecular weight excluding hydrogens is 481 g/mol. The average Bonchev–Trinajstić information content (AvgIpc) is 3.21. The summed E-state index contributed by atoms with van der Waals surface area (Å²) in [5.41, 5.74) is 4.13. The van der Waals surface area contributed by atoms with Crippen molar-refractivity contribution in [2.75, 3.05) is 5.32 Å². The van der Waals surface area contributed by atoms with Crippen LogP contribution in [-0.4, -0.2) is 25.5 Å². The number of aromatic nitrogens is 4. The standard InChI is InChI=1S/C24H14Cl3N5O/c25-17-4-1-3-14(11-17)22-23(32-21(31-22)5-2-9-29-32)15-8-10-28-20(13-15)30-24(33)16-6-7-18(26)19(27)12-16/h1-13H,(H,28,30,33). The lowest BCUT2D eigenvalue weighted by Gasteiger charge is -2.09. The van der Waals surface area contributed by atoms with Gasteiger partial charge < -0.3 is 5.32 Å². The molecule has 0 aliphatic carbocycles. The molecule has 3 aromatic heterocycles. The summed E-state index contributed by atoms with van der Waals surface area (Å²) >= 11 is 18.2. The summed E-state index contributed by atoms with van der Waals surface area (Å²) in [5, 5.41) is 8.55. The number of hydrogen-bond acceptors (Lipinski definition) is 4. The van der Waals surface area contributed by atoms with Crippen molar-refractivity contribution >= 4 is 52.2 Å². The molecule has 0 spiro atoms. The Morgan fingerprint density at radius 2 is 1.73 bits per heavy atom. The Bertz CT molecular complexity index is 1520. The molecule has 0 radical (unpaired) electrons. The van der Waals surface area contributed by atoms with Crippen LogP contribution in [0.25, 0.3) is 28.2 Å². The van der Waals surface area contributed by atoms with Gasteiger partial charge in [0.05, 0.1) is 15.7 Å². The number of nitrogens with one attached hydrogen (secondary N) is 1. The first kappa shape index (κ1) is 21.4. The minimum atomic E-state index is -0.357. The molecule has 0 saturated heterocycles. The maximum Gasteiger partial charge on any atom is 0.256 e. The zero-order valence-electron chi connectivity index (χ0n) is 16.8. The average molecular weight is 495 g/mol. The first-order valence-corrected chi connectivity index (χ1v) is 11.0. The van der Waals surface area contributed by atoms with Crippen LogP contribution in [0.2, 0.25) is 15.1 Å². The molecular formula is C24H14Cl3N5O. The van der Waals surface area contributed by atoms with Gasteiger partial charge in [0, 0.05) is 34.1 Å². The first-order chi connectivity index (χ1) is 16.0. The highest BCUT2D eigenvalue weighted by Crippen LogP contribution is 2.34. The molecule has 0 atom stereocenters. The number of halogens is 3. The highest BCUT2D eigenvalue weighted by atomic mass is 35.5. The fraction of sp³-hybridized carbons (Fsp3) is 0. The summed E-state index contributed by atoms with van der Waals surface area (Å²) in [6, 6.07) is 19.4. The Balaban J connectivity index is 1.57. The maximum atomic E-state index is 12.7. The number of pyridine rings is 1. The van der Waals surface area contributed by atoms with Crippen molar-refractivity contribution in [1.29, 1.82) is 0 Å². The number of fused-ring (bicyclic) bond motifs is 1. The molecule has 9 heteroatoms. The number of carbonyl (C=O) groups excluding carboxylic acids is 1. The smallest absolute Gasteiger partial charge is 0.256 e. The number of nitrogens with zero attached hydrogens (tertiary/aromatic N) is 4. The minimum Gasteiger partial charge on any atom is -0.307 e. The fourth-order valence-corrected chi connectivity index (χ4v) is 3.95. The quantitative estimate of drug-likeness (QED) is 0.303. The molecule has 162 valence electrons. The second kappa shape index (κ2) is 8.83.